The van der Waals surface area contributed by atoms with Gasteiger partial charge in [-0.3, -0.25) is 13.9 Å². The normalized spacial score (nSPS) is 13.3. The van der Waals surface area contributed by atoms with Gasteiger partial charge in [-0.25, -0.2) is 8.42 Å². The molecule has 8 nitrogen and oxygen atoms in total. The zero-order chi connectivity index (χ0) is 22.6. The predicted molar refractivity (Wildman–Crippen MR) is 115 cm³/mol. The molecule has 2 aromatic rings. The Kier molecular flexibility index (Phi) is 6.84. The van der Waals surface area contributed by atoms with E-state index >= 15 is 0 Å². The third-order valence-electron chi connectivity index (χ3n) is 5.04. The Morgan fingerprint density at radius 2 is 1.77 bits per heavy atom. The van der Waals surface area contributed by atoms with Gasteiger partial charge in [-0.1, -0.05) is 6.07 Å². The molecule has 0 unspecified atom stereocenters. The first-order chi connectivity index (χ1) is 14.7. The highest BCUT2D eigenvalue weighted by molar-refractivity contribution is 7.92. The number of esters is 1. The summed E-state index contributed by atoms with van der Waals surface area (Å²) < 4.78 is 40.8. The lowest BCUT2D eigenvalue weighted by molar-refractivity contribution is -0.141. The number of methoxy groups -OCH3 is 2. The highest BCUT2D eigenvalue weighted by Gasteiger charge is 2.25. The Labute approximate surface area is 181 Å². The Morgan fingerprint density at radius 3 is 2.45 bits per heavy atom. The minimum absolute atomic E-state index is 0.0128. The number of carbonyl (C=O) groups excluding carboxylic acids is 2. The largest absolute Gasteiger partial charge is 0.493 e. The maximum Gasteiger partial charge on any atom is 0.310 e. The van der Waals surface area contributed by atoms with Crippen LogP contribution in [0.4, 0.5) is 5.69 Å². The van der Waals surface area contributed by atoms with Crippen molar-refractivity contribution in [2.45, 2.75) is 19.3 Å². The minimum atomic E-state index is -3.37. The molecule has 0 fully saturated rings. The van der Waals surface area contributed by atoms with Crippen LogP contribution in [-0.2, 0) is 32.4 Å². The first-order valence-electron chi connectivity index (χ1n) is 9.73. The van der Waals surface area contributed by atoms with Crippen molar-refractivity contribution in [2.24, 2.45) is 0 Å². The maximum absolute atomic E-state index is 12.5. The summed E-state index contributed by atoms with van der Waals surface area (Å²) in [6.45, 7) is 0.0353. The van der Waals surface area contributed by atoms with Crippen LogP contribution in [0, 0.1) is 0 Å². The van der Waals surface area contributed by atoms with E-state index in [1.165, 1.54) is 24.8 Å². The molecule has 0 N–H and O–H groups in total. The van der Waals surface area contributed by atoms with Crippen LogP contribution in [0.1, 0.15) is 27.9 Å². The third-order valence-corrected chi connectivity index (χ3v) is 6.22. The van der Waals surface area contributed by atoms with Crippen molar-refractivity contribution in [3.63, 3.8) is 0 Å². The lowest BCUT2D eigenvalue weighted by Crippen LogP contribution is -2.34. The molecule has 1 aliphatic heterocycles. The number of hydrogen-bond donors (Lipinski definition) is 0. The molecule has 31 heavy (non-hydrogen) atoms. The second kappa shape index (κ2) is 9.38. The van der Waals surface area contributed by atoms with E-state index in [2.05, 4.69) is 0 Å². The predicted octanol–water partition coefficient (Wildman–Crippen LogP) is 2.38. The molecule has 2 aromatic carbocycles. The first kappa shape index (κ1) is 22.6. The van der Waals surface area contributed by atoms with Crippen molar-refractivity contribution >= 4 is 27.5 Å². The van der Waals surface area contributed by atoms with E-state index in [0.717, 1.165) is 5.56 Å². The Bertz CT molecular complexity index is 1100. The zero-order valence-electron chi connectivity index (χ0n) is 17.7. The molecule has 1 aliphatic rings. The van der Waals surface area contributed by atoms with Crippen LogP contribution in [0.5, 0.6) is 11.5 Å². The van der Waals surface area contributed by atoms with Crippen LogP contribution >= 0.6 is 0 Å². The number of sulfonamides is 1. The fourth-order valence-corrected chi connectivity index (χ4v) is 4.51. The summed E-state index contributed by atoms with van der Waals surface area (Å²) in [5.74, 6) is 0.166. The van der Waals surface area contributed by atoms with Crippen LogP contribution < -0.4 is 13.8 Å². The fraction of sp³-hybridized carbons (Fsp3) is 0.364. The summed E-state index contributed by atoms with van der Waals surface area (Å²) >= 11 is 0. The van der Waals surface area contributed by atoms with Gasteiger partial charge < -0.3 is 14.2 Å². The minimum Gasteiger partial charge on any atom is -0.493 e. The summed E-state index contributed by atoms with van der Waals surface area (Å²) in [6.07, 6.45) is 2.51. The molecule has 0 atom stereocenters. The van der Waals surface area contributed by atoms with Crippen molar-refractivity contribution in [3.8, 4) is 11.5 Å². The molecule has 0 aromatic heterocycles. The Hall–Kier alpha value is -3.07. The Balaban J connectivity index is 1.63. The molecule has 0 saturated carbocycles. The van der Waals surface area contributed by atoms with Crippen molar-refractivity contribution in [1.29, 1.82) is 0 Å². The quantitative estimate of drug-likeness (QED) is 0.452. The van der Waals surface area contributed by atoms with Gasteiger partial charge in [0.15, 0.2) is 23.9 Å². The van der Waals surface area contributed by atoms with Gasteiger partial charge in [-0.05, 0) is 54.3 Å². The summed E-state index contributed by atoms with van der Waals surface area (Å²) in [6, 6.07) is 9.97. The van der Waals surface area contributed by atoms with Crippen molar-refractivity contribution in [3.05, 3.63) is 53.1 Å². The summed E-state index contributed by atoms with van der Waals surface area (Å²) in [4.78, 5) is 24.7. The number of fused-ring (bicyclic) bond motifs is 1. The molecule has 0 amide bonds. The van der Waals surface area contributed by atoms with E-state index < -0.39 is 16.0 Å². The van der Waals surface area contributed by atoms with Gasteiger partial charge in [0.1, 0.15) is 0 Å². The highest BCUT2D eigenvalue weighted by Crippen LogP contribution is 2.30. The average Bonchev–Trinajstić information content (AvgIpc) is 2.75. The van der Waals surface area contributed by atoms with E-state index in [-0.39, 0.29) is 18.8 Å². The van der Waals surface area contributed by atoms with Crippen LogP contribution in [0.25, 0.3) is 0 Å². The summed E-state index contributed by atoms with van der Waals surface area (Å²) in [5, 5.41) is 0. The van der Waals surface area contributed by atoms with Crippen molar-refractivity contribution in [1.82, 2.24) is 0 Å². The molecule has 9 heteroatoms. The molecular formula is C22H25NO7S. The highest BCUT2D eigenvalue weighted by atomic mass is 32.2. The van der Waals surface area contributed by atoms with Crippen LogP contribution in [0.2, 0.25) is 0 Å². The smallest absolute Gasteiger partial charge is 0.310 e. The number of benzene rings is 2. The van der Waals surface area contributed by atoms with E-state index in [9.17, 15) is 18.0 Å². The third kappa shape index (κ3) is 5.35. The van der Waals surface area contributed by atoms with Crippen molar-refractivity contribution in [2.75, 3.05) is 37.9 Å². The lowest BCUT2D eigenvalue weighted by atomic mass is 9.99. The van der Waals surface area contributed by atoms with Crippen LogP contribution in [0.3, 0.4) is 0 Å². The van der Waals surface area contributed by atoms with Gasteiger partial charge in [0.25, 0.3) is 0 Å². The van der Waals surface area contributed by atoms with E-state index in [1.807, 2.05) is 0 Å². The molecule has 3 rings (SSSR count). The van der Waals surface area contributed by atoms with Crippen LogP contribution in [0.15, 0.2) is 36.4 Å². The molecule has 166 valence electrons. The lowest BCUT2D eigenvalue weighted by Gasteiger charge is -2.29. The second-order valence-electron chi connectivity index (χ2n) is 7.23. The molecule has 1 heterocycles. The fourth-order valence-electron chi connectivity index (χ4n) is 3.52. The zero-order valence-corrected chi connectivity index (χ0v) is 18.5. The first-order valence-corrected chi connectivity index (χ1v) is 11.6. The number of hydrogen-bond acceptors (Lipinski definition) is 7. The molecular weight excluding hydrogens is 422 g/mol. The van der Waals surface area contributed by atoms with Gasteiger partial charge in [-0.15, -0.1) is 0 Å². The van der Waals surface area contributed by atoms with Gasteiger partial charge in [0.2, 0.25) is 10.0 Å². The van der Waals surface area contributed by atoms with Crippen molar-refractivity contribution < 1.29 is 32.2 Å². The number of carbonyl (C=O) groups is 2. The number of nitrogens with zero attached hydrogens (tertiary/aromatic N) is 1. The topological polar surface area (TPSA) is 99.2 Å². The number of anilines is 1. The average molecular weight is 448 g/mol. The number of ketones is 1. The molecule has 0 aliphatic carbocycles. The van der Waals surface area contributed by atoms with E-state index in [0.29, 0.717) is 47.7 Å². The van der Waals surface area contributed by atoms with Gasteiger partial charge in [0.05, 0.1) is 32.6 Å². The SMILES string of the molecule is COc1ccc(CC(=O)OCC(=O)c2ccc3c(c2)CCCN3S(C)(=O)=O)cc1OC. The molecule has 0 radical (unpaired) electrons. The number of rotatable bonds is 8. The van der Waals surface area contributed by atoms with E-state index in [4.69, 9.17) is 14.2 Å². The number of Topliss-reactive ketones (excluding diaryl/α,β-unsaturated/α-hetero) is 1. The summed E-state index contributed by atoms with van der Waals surface area (Å²) in [5.41, 5.74) is 2.44. The standard InChI is InChI=1S/C22H25NO7S/c1-28-20-9-6-15(11-21(20)29-2)12-22(25)30-14-19(24)17-7-8-18-16(13-17)5-4-10-23(18)31(3,26)27/h6-9,11,13H,4-5,10,12,14H2,1-3H3. The molecule has 0 bridgehead atoms. The van der Waals surface area contributed by atoms with Gasteiger partial charge in [-0.2, -0.15) is 0 Å². The Morgan fingerprint density at radius 1 is 1.03 bits per heavy atom. The molecule has 0 saturated heterocycles. The maximum atomic E-state index is 12.5. The molecule has 0 spiro atoms. The summed E-state index contributed by atoms with van der Waals surface area (Å²) in [7, 11) is -0.340. The van der Waals surface area contributed by atoms with Gasteiger partial charge in [0, 0.05) is 12.1 Å². The number of ether oxygens (including phenoxy) is 3. The second-order valence-corrected chi connectivity index (χ2v) is 9.14. The monoisotopic (exact) mass is 447 g/mol. The van der Waals surface area contributed by atoms with E-state index in [1.54, 1.807) is 36.4 Å². The number of aryl methyl sites for hydroxylation is 1. The van der Waals surface area contributed by atoms with Gasteiger partial charge >= 0.3 is 5.97 Å². The van der Waals surface area contributed by atoms with Crippen LogP contribution in [-0.4, -0.2) is 53.8 Å².